The summed E-state index contributed by atoms with van der Waals surface area (Å²) in [4.78, 5) is 65.8. The fourth-order valence-corrected chi connectivity index (χ4v) is 3.44. The maximum Gasteiger partial charge on any atom is 0.348 e. The van der Waals surface area contributed by atoms with Crippen molar-refractivity contribution in [3.05, 3.63) is 35.7 Å². The van der Waals surface area contributed by atoms with E-state index in [9.17, 15) is 23.6 Å². The second-order valence-electron chi connectivity index (χ2n) is 6.48. The Hall–Kier alpha value is -0.940. The Bertz CT molecular complexity index is 747. The summed E-state index contributed by atoms with van der Waals surface area (Å²) >= 11 is 0. The van der Waals surface area contributed by atoms with E-state index < -0.39 is 34.8 Å². The smallest absolute Gasteiger partial charge is 0.348 e. The Labute approximate surface area is 179 Å². The van der Waals surface area contributed by atoms with Gasteiger partial charge in [-0.3, -0.25) is 23.4 Å². The number of rotatable bonds is 16. The van der Waals surface area contributed by atoms with Crippen molar-refractivity contribution in [2.45, 2.75) is 25.3 Å². The maximum atomic E-state index is 11.3. The topological polar surface area (TPSA) is 225 Å². The van der Waals surface area contributed by atoms with Gasteiger partial charge >= 0.3 is 28.8 Å². The Morgan fingerprint density at radius 2 is 1.26 bits per heavy atom. The molecule has 0 radical (unpaired) electrons. The van der Waals surface area contributed by atoms with E-state index in [4.69, 9.17) is 29.4 Å². The number of aliphatic carboxylic acids is 1. The zero-order chi connectivity index (χ0) is 24.1. The highest BCUT2D eigenvalue weighted by molar-refractivity contribution is 7.55. The largest absolute Gasteiger partial charge is 0.480 e. The van der Waals surface area contributed by atoms with Crippen LogP contribution in [0.15, 0.2) is 35.7 Å². The van der Waals surface area contributed by atoms with Crippen LogP contribution in [0.3, 0.4) is 0 Å². The van der Waals surface area contributed by atoms with Gasteiger partial charge in [0, 0.05) is 37.1 Å². The quantitative estimate of drug-likeness (QED) is 0.106. The molecule has 0 aliphatic carbocycles. The second-order valence-corrected chi connectivity index (χ2v) is 10.9. The molecule has 0 fully saturated rings. The van der Waals surface area contributed by atoms with Gasteiger partial charge in [0.1, 0.15) is 6.04 Å². The Morgan fingerprint density at radius 1 is 0.806 bits per heavy atom. The van der Waals surface area contributed by atoms with Gasteiger partial charge in [-0.1, -0.05) is 24.6 Å². The number of carboxylic acids is 1. The van der Waals surface area contributed by atoms with Gasteiger partial charge in [0.25, 0.3) is 0 Å². The van der Waals surface area contributed by atoms with E-state index in [1.807, 2.05) is 0 Å². The minimum atomic E-state index is -4.33. The van der Waals surface area contributed by atoms with Crippen LogP contribution < -0.4 is 5.32 Å². The van der Waals surface area contributed by atoms with E-state index in [0.29, 0.717) is 25.2 Å². The third-order valence-electron chi connectivity index (χ3n) is 3.62. The molecule has 0 aliphatic heterocycles. The van der Waals surface area contributed by atoms with Gasteiger partial charge in [-0.15, -0.1) is 0 Å². The van der Waals surface area contributed by atoms with E-state index in [0.717, 1.165) is 17.7 Å². The summed E-state index contributed by atoms with van der Waals surface area (Å²) in [6, 6.07) is -0.945. The van der Waals surface area contributed by atoms with Crippen molar-refractivity contribution in [3.8, 4) is 0 Å². The number of carbonyl (C=O) groups is 1. The normalized spacial score (nSPS) is 14.9. The fraction of sp³-hybridized carbons (Fsp3) is 0.533. The van der Waals surface area contributed by atoms with Gasteiger partial charge in [0.05, 0.1) is 0 Å². The van der Waals surface area contributed by atoms with Crippen molar-refractivity contribution in [2.75, 3.05) is 26.2 Å². The standard InChI is InChI=1S/C15H29N2O11P3/c18-15(19)14(16-7-3-11-29(20,21)22)6-1-2-8-17(9-4-12-30(23,24)25)10-5-13-31(26,27)28/h3-5,11-14,16H,1-2,6-10H2,(H,18,19)(H2,20,21,22)(H2,23,24,25)(H2,26,27,28)/t14-/m0/s1. The second kappa shape index (κ2) is 14.3. The highest BCUT2D eigenvalue weighted by atomic mass is 31.2. The van der Waals surface area contributed by atoms with Crippen LogP contribution >= 0.6 is 22.8 Å². The molecule has 16 heteroatoms. The number of hydrogen-bond donors (Lipinski definition) is 8. The van der Waals surface area contributed by atoms with Crippen LogP contribution in [0.2, 0.25) is 0 Å². The lowest BCUT2D eigenvalue weighted by molar-refractivity contribution is -0.139. The first-order valence-corrected chi connectivity index (χ1v) is 14.0. The molecule has 0 unspecified atom stereocenters. The summed E-state index contributed by atoms with van der Waals surface area (Å²) in [5.41, 5.74) is 0. The van der Waals surface area contributed by atoms with E-state index in [2.05, 4.69) is 5.32 Å². The van der Waals surface area contributed by atoms with Crippen LogP contribution in [0.25, 0.3) is 0 Å². The zero-order valence-electron chi connectivity index (χ0n) is 16.5. The van der Waals surface area contributed by atoms with Crippen LogP contribution in [0, 0.1) is 0 Å². The maximum absolute atomic E-state index is 11.3. The Kier molecular flexibility index (Phi) is 13.8. The molecular weight excluding hydrogens is 477 g/mol. The predicted molar refractivity (Wildman–Crippen MR) is 113 cm³/mol. The van der Waals surface area contributed by atoms with Crippen molar-refractivity contribution in [3.63, 3.8) is 0 Å². The van der Waals surface area contributed by atoms with Crippen molar-refractivity contribution in [1.29, 1.82) is 0 Å². The first kappa shape index (κ1) is 30.1. The molecule has 0 bridgehead atoms. The van der Waals surface area contributed by atoms with E-state index in [1.165, 1.54) is 12.2 Å². The lowest BCUT2D eigenvalue weighted by Crippen LogP contribution is -2.36. The lowest BCUT2D eigenvalue weighted by Gasteiger charge is -2.20. The molecule has 0 saturated heterocycles. The van der Waals surface area contributed by atoms with Crippen molar-refractivity contribution in [2.24, 2.45) is 0 Å². The summed E-state index contributed by atoms with van der Waals surface area (Å²) in [5.74, 6) is 0.993. The molecule has 31 heavy (non-hydrogen) atoms. The highest BCUT2D eigenvalue weighted by Gasteiger charge is 2.16. The van der Waals surface area contributed by atoms with Crippen LogP contribution in [-0.2, 0) is 18.5 Å². The minimum absolute atomic E-state index is 0.0471. The number of unbranched alkanes of at least 4 members (excludes halogenated alkanes) is 1. The van der Waals surface area contributed by atoms with Gasteiger partial charge < -0.3 is 39.8 Å². The highest BCUT2D eigenvalue weighted by Crippen LogP contribution is 2.37. The first-order valence-electron chi connectivity index (χ1n) is 8.96. The molecule has 0 aromatic carbocycles. The molecule has 0 spiro atoms. The van der Waals surface area contributed by atoms with Gasteiger partial charge in [0.2, 0.25) is 0 Å². The molecule has 13 nitrogen and oxygen atoms in total. The molecule has 0 aromatic rings. The molecule has 0 rings (SSSR count). The average Bonchev–Trinajstić information content (AvgIpc) is 2.56. The molecule has 0 heterocycles. The number of carboxylic acid groups (broad SMARTS) is 1. The van der Waals surface area contributed by atoms with Crippen LogP contribution in [0.5, 0.6) is 0 Å². The average molecular weight is 506 g/mol. The summed E-state index contributed by atoms with van der Waals surface area (Å²) in [5, 5.41) is 11.9. The molecule has 8 N–H and O–H groups in total. The van der Waals surface area contributed by atoms with E-state index >= 15 is 0 Å². The summed E-state index contributed by atoms with van der Waals surface area (Å²) in [6.45, 7) is 0.519. The SMILES string of the molecule is O=C(O)[C@H](CCCCN(CC=CP(=O)(O)O)CC=CP(=O)(O)O)NCC=CP(=O)(O)O. The lowest BCUT2D eigenvalue weighted by atomic mass is 10.1. The zero-order valence-corrected chi connectivity index (χ0v) is 19.2. The van der Waals surface area contributed by atoms with Gasteiger partial charge in [-0.05, 0) is 19.4 Å². The number of hydrogen-bond acceptors (Lipinski definition) is 6. The summed E-state index contributed by atoms with van der Waals surface area (Å²) in [7, 11) is -13.0. The molecule has 0 aromatic heterocycles. The van der Waals surface area contributed by atoms with Crippen LogP contribution in [-0.4, -0.2) is 77.6 Å². The molecule has 0 amide bonds. The third kappa shape index (κ3) is 20.7. The number of nitrogens with zero attached hydrogens (tertiary/aromatic N) is 1. The minimum Gasteiger partial charge on any atom is -0.480 e. The molecular formula is C15H29N2O11P3. The van der Waals surface area contributed by atoms with Gasteiger partial charge in [-0.25, -0.2) is 0 Å². The van der Waals surface area contributed by atoms with E-state index in [-0.39, 0.29) is 26.1 Å². The number of nitrogens with one attached hydrogen (secondary N) is 1. The molecule has 1 atom stereocenters. The third-order valence-corrected chi connectivity index (χ3v) is 5.42. The van der Waals surface area contributed by atoms with Crippen molar-refractivity contribution >= 4 is 28.8 Å². The molecule has 0 saturated carbocycles. The molecule has 0 aliphatic rings. The van der Waals surface area contributed by atoms with Gasteiger partial charge in [-0.2, -0.15) is 0 Å². The van der Waals surface area contributed by atoms with Crippen LogP contribution in [0.4, 0.5) is 0 Å². The van der Waals surface area contributed by atoms with Gasteiger partial charge in [0.15, 0.2) is 0 Å². The van der Waals surface area contributed by atoms with E-state index in [1.54, 1.807) is 4.90 Å². The summed E-state index contributed by atoms with van der Waals surface area (Å²) in [6.07, 6.45) is 4.75. The monoisotopic (exact) mass is 506 g/mol. The predicted octanol–water partition coefficient (Wildman–Crippen LogP) is 0.576. The first-order chi connectivity index (χ1) is 14.1. The Balaban J connectivity index is 4.67. The van der Waals surface area contributed by atoms with Crippen molar-refractivity contribution < 1.29 is 53.0 Å². The Morgan fingerprint density at radius 3 is 1.68 bits per heavy atom. The van der Waals surface area contributed by atoms with Crippen LogP contribution in [0.1, 0.15) is 19.3 Å². The fourth-order valence-electron chi connectivity index (χ4n) is 2.32. The summed E-state index contributed by atoms with van der Waals surface area (Å²) < 4.78 is 32.5. The molecule has 180 valence electrons. The van der Waals surface area contributed by atoms with Crippen molar-refractivity contribution in [1.82, 2.24) is 10.2 Å².